The summed E-state index contributed by atoms with van der Waals surface area (Å²) in [5.41, 5.74) is 1.58. The SMILES string of the molecule is Fc1cccc(F)c1NCc1cncs1. The summed E-state index contributed by atoms with van der Waals surface area (Å²) in [5.74, 6) is -1.17. The minimum atomic E-state index is -0.584. The summed E-state index contributed by atoms with van der Waals surface area (Å²) >= 11 is 1.44. The van der Waals surface area contributed by atoms with E-state index in [2.05, 4.69) is 10.3 Å². The van der Waals surface area contributed by atoms with Crippen LogP contribution < -0.4 is 5.32 Å². The Kier molecular flexibility index (Phi) is 2.91. The van der Waals surface area contributed by atoms with E-state index >= 15 is 0 Å². The van der Waals surface area contributed by atoms with Crippen molar-refractivity contribution < 1.29 is 8.78 Å². The maximum absolute atomic E-state index is 13.2. The molecule has 15 heavy (non-hydrogen) atoms. The van der Waals surface area contributed by atoms with Crippen molar-refractivity contribution in [2.75, 3.05) is 5.32 Å². The fraction of sp³-hybridized carbons (Fsp3) is 0.100. The quantitative estimate of drug-likeness (QED) is 0.870. The molecule has 2 aromatic rings. The average molecular weight is 226 g/mol. The lowest BCUT2D eigenvalue weighted by molar-refractivity contribution is 0.588. The van der Waals surface area contributed by atoms with Crippen LogP contribution in [0.4, 0.5) is 14.5 Å². The van der Waals surface area contributed by atoms with E-state index < -0.39 is 11.6 Å². The Bertz CT molecular complexity index is 422. The molecule has 0 unspecified atom stereocenters. The number of para-hydroxylation sites is 1. The zero-order valence-electron chi connectivity index (χ0n) is 7.71. The van der Waals surface area contributed by atoms with E-state index in [1.807, 2.05) is 0 Å². The Labute approximate surface area is 89.6 Å². The van der Waals surface area contributed by atoms with Gasteiger partial charge in [-0.05, 0) is 12.1 Å². The fourth-order valence-corrected chi connectivity index (χ4v) is 1.71. The summed E-state index contributed by atoms with van der Waals surface area (Å²) < 4.78 is 26.3. The normalized spacial score (nSPS) is 10.3. The van der Waals surface area contributed by atoms with E-state index in [1.165, 1.54) is 29.5 Å². The van der Waals surface area contributed by atoms with Crippen molar-refractivity contribution >= 4 is 17.0 Å². The molecule has 0 aliphatic heterocycles. The van der Waals surface area contributed by atoms with Gasteiger partial charge in [-0.1, -0.05) is 6.07 Å². The van der Waals surface area contributed by atoms with Gasteiger partial charge in [0, 0.05) is 11.1 Å². The minimum Gasteiger partial charge on any atom is -0.375 e. The maximum Gasteiger partial charge on any atom is 0.149 e. The highest BCUT2D eigenvalue weighted by atomic mass is 32.1. The molecule has 2 nitrogen and oxygen atoms in total. The molecule has 78 valence electrons. The fourth-order valence-electron chi connectivity index (χ4n) is 1.17. The van der Waals surface area contributed by atoms with Crippen molar-refractivity contribution in [1.82, 2.24) is 4.98 Å². The smallest absolute Gasteiger partial charge is 0.149 e. The number of anilines is 1. The van der Waals surface area contributed by atoms with Gasteiger partial charge >= 0.3 is 0 Å². The summed E-state index contributed by atoms with van der Waals surface area (Å²) in [4.78, 5) is 4.80. The van der Waals surface area contributed by atoms with Crippen LogP contribution in [0.2, 0.25) is 0 Å². The molecule has 2 rings (SSSR count). The van der Waals surface area contributed by atoms with Crippen LogP contribution in [0.3, 0.4) is 0 Å². The van der Waals surface area contributed by atoms with Gasteiger partial charge < -0.3 is 5.32 Å². The average Bonchev–Trinajstić information content (AvgIpc) is 2.70. The molecule has 5 heteroatoms. The van der Waals surface area contributed by atoms with Crippen molar-refractivity contribution in [2.45, 2.75) is 6.54 Å². The summed E-state index contributed by atoms with van der Waals surface area (Å²) in [6, 6.07) is 3.78. The minimum absolute atomic E-state index is 0.0918. The molecule has 0 atom stereocenters. The second-order valence-corrected chi connectivity index (χ2v) is 3.89. The number of halogens is 2. The van der Waals surface area contributed by atoms with E-state index in [4.69, 9.17) is 0 Å². The predicted molar refractivity (Wildman–Crippen MR) is 55.8 cm³/mol. The number of nitrogens with one attached hydrogen (secondary N) is 1. The van der Waals surface area contributed by atoms with Gasteiger partial charge in [-0.3, -0.25) is 4.98 Å². The van der Waals surface area contributed by atoms with Crippen LogP contribution in [0.1, 0.15) is 4.88 Å². The van der Waals surface area contributed by atoms with Gasteiger partial charge in [0.05, 0.1) is 12.1 Å². The predicted octanol–water partition coefficient (Wildman–Crippen LogP) is 3.03. The van der Waals surface area contributed by atoms with Gasteiger partial charge in [-0.25, -0.2) is 8.78 Å². The largest absolute Gasteiger partial charge is 0.375 e. The van der Waals surface area contributed by atoms with Crippen molar-refractivity contribution in [2.24, 2.45) is 0 Å². The Balaban J connectivity index is 2.11. The van der Waals surface area contributed by atoms with Gasteiger partial charge in [0.15, 0.2) is 0 Å². The standard InChI is InChI=1S/C10H8F2N2S/c11-8-2-1-3-9(12)10(8)14-5-7-4-13-6-15-7/h1-4,6,14H,5H2. The van der Waals surface area contributed by atoms with Gasteiger partial charge in [0.25, 0.3) is 0 Å². The first-order valence-corrected chi connectivity index (χ1v) is 5.20. The van der Waals surface area contributed by atoms with Crippen LogP contribution in [0.5, 0.6) is 0 Å². The Morgan fingerprint density at radius 1 is 1.27 bits per heavy atom. The molecular formula is C10H8F2N2S. The summed E-state index contributed by atoms with van der Waals surface area (Å²) in [5, 5.41) is 2.70. The highest BCUT2D eigenvalue weighted by Gasteiger charge is 2.07. The molecular weight excluding hydrogens is 218 g/mol. The molecule has 0 fully saturated rings. The molecule has 0 bridgehead atoms. The topological polar surface area (TPSA) is 24.9 Å². The monoisotopic (exact) mass is 226 g/mol. The maximum atomic E-state index is 13.2. The lowest BCUT2D eigenvalue weighted by Gasteiger charge is -2.06. The third kappa shape index (κ3) is 2.30. The molecule has 1 N–H and O–H groups in total. The van der Waals surface area contributed by atoms with Crippen molar-refractivity contribution in [3.05, 3.63) is 46.4 Å². The van der Waals surface area contributed by atoms with Crippen molar-refractivity contribution in [1.29, 1.82) is 0 Å². The van der Waals surface area contributed by atoms with Gasteiger partial charge in [0.1, 0.15) is 17.3 Å². The van der Waals surface area contributed by atoms with E-state index in [9.17, 15) is 8.78 Å². The summed E-state index contributed by atoms with van der Waals surface area (Å²) in [6.07, 6.45) is 1.66. The molecule has 0 aliphatic carbocycles. The number of rotatable bonds is 3. The molecule has 0 amide bonds. The lowest BCUT2D eigenvalue weighted by atomic mass is 10.3. The molecule has 0 radical (unpaired) electrons. The van der Waals surface area contributed by atoms with Crippen LogP contribution in [0.15, 0.2) is 29.9 Å². The lowest BCUT2D eigenvalue weighted by Crippen LogP contribution is -2.02. The molecule has 1 heterocycles. The van der Waals surface area contributed by atoms with Crippen LogP contribution in [-0.2, 0) is 6.54 Å². The number of nitrogens with zero attached hydrogens (tertiary/aromatic N) is 1. The van der Waals surface area contributed by atoms with E-state index in [0.717, 1.165) is 4.88 Å². The van der Waals surface area contributed by atoms with Crippen LogP contribution >= 0.6 is 11.3 Å². The first kappa shape index (κ1) is 10.0. The molecule has 1 aromatic carbocycles. The van der Waals surface area contributed by atoms with E-state index in [1.54, 1.807) is 11.7 Å². The summed E-state index contributed by atoms with van der Waals surface area (Å²) in [7, 11) is 0. The van der Waals surface area contributed by atoms with Crippen molar-refractivity contribution in [3.8, 4) is 0 Å². The highest BCUT2D eigenvalue weighted by Crippen LogP contribution is 2.19. The molecule has 0 saturated heterocycles. The number of hydrogen-bond donors (Lipinski definition) is 1. The van der Waals surface area contributed by atoms with Crippen LogP contribution in [-0.4, -0.2) is 4.98 Å². The van der Waals surface area contributed by atoms with Gasteiger partial charge in [0.2, 0.25) is 0 Å². The third-order valence-corrected chi connectivity index (χ3v) is 2.67. The number of thiazole rings is 1. The van der Waals surface area contributed by atoms with Gasteiger partial charge in [-0.15, -0.1) is 11.3 Å². The van der Waals surface area contributed by atoms with Gasteiger partial charge in [-0.2, -0.15) is 0 Å². The first-order chi connectivity index (χ1) is 7.27. The second-order valence-electron chi connectivity index (χ2n) is 2.92. The highest BCUT2D eigenvalue weighted by molar-refractivity contribution is 7.09. The number of hydrogen-bond acceptors (Lipinski definition) is 3. The Morgan fingerprint density at radius 2 is 2.00 bits per heavy atom. The Hall–Kier alpha value is -1.49. The Morgan fingerprint density at radius 3 is 2.60 bits per heavy atom. The zero-order chi connectivity index (χ0) is 10.7. The molecule has 0 aliphatic rings. The second kappa shape index (κ2) is 4.35. The number of aromatic nitrogens is 1. The third-order valence-electron chi connectivity index (χ3n) is 1.89. The number of benzene rings is 1. The molecule has 0 saturated carbocycles. The van der Waals surface area contributed by atoms with Crippen LogP contribution in [0, 0.1) is 11.6 Å². The molecule has 0 spiro atoms. The first-order valence-electron chi connectivity index (χ1n) is 4.32. The van der Waals surface area contributed by atoms with E-state index in [0.29, 0.717) is 6.54 Å². The summed E-state index contributed by atoms with van der Waals surface area (Å²) in [6.45, 7) is 0.377. The molecule has 1 aromatic heterocycles. The van der Waals surface area contributed by atoms with Crippen molar-refractivity contribution in [3.63, 3.8) is 0 Å². The zero-order valence-corrected chi connectivity index (χ0v) is 8.52. The van der Waals surface area contributed by atoms with Crippen LogP contribution in [0.25, 0.3) is 0 Å². The van der Waals surface area contributed by atoms with E-state index in [-0.39, 0.29) is 5.69 Å².